The van der Waals surface area contributed by atoms with Crippen molar-refractivity contribution in [3.05, 3.63) is 29.8 Å². The van der Waals surface area contributed by atoms with Crippen molar-refractivity contribution in [2.24, 2.45) is 17.8 Å². The number of carbonyl (C=O) groups excluding carboxylic acids is 3. The summed E-state index contributed by atoms with van der Waals surface area (Å²) < 4.78 is 0. The summed E-state index contributed by atoms with van der Waals surface area (Å²) in [5.74, 6) is 1.60. The molecular weight excluding hydrogens is 440 g/mol. The average molecular weight is 483 g/mol. The van der Waals surface area contributed by atoms with Gasteiger partial charge in [0.05, 0.1) is 5.92 Å². The lowest BCUT2D eigenvalue weighted by atomic mass is 9.78. The molecule has 192 valence electrons. The van der Waals surface area contributed by atoms with Crippen LogP contribution in [0.1, 0.15) is 64.3 Å². The fraction of sp³-hybridized carbons (Fsp3) is 0.679. The van der Waals surface area contributed by atoms with Crippen molar-refractivity contribution in [3.8, 4) is 0 Å². The number of rotatable bonds is 4. The van der Waals surface area contributed by atoms with Gasteiger partial charge >= 0.3 is 0 Å². The summed E-state index contributed by atoms with van der Waals surface area (Å²) in [4.78, 5) is 43.5. The maximum absolute atomic E-state index is 13.0. The molecule has 0 aromatic heterocycles. The highest BCUT2D eigenvalue weighted by Crippen LogP contribution is 2.35. The minimum atomic E-state index is -0.218. The van der Waals surface area contributed by atoms with Crippen LogP contribution < -0.4 is 10.2 Å². The first-order valence-corrected chi connectivity index (χ1v) is 13.6. The summed E-state index contributed by atoms with van der Waals surface area (Å²) in [6, 6.07) is 8.37. The molecule has 0 spiro atoms. The summed E-state index contributed by atoms with van der Waals surface area (Å²) in [5.41, 5.74) is 2.22. The first kappa shape index (κ1) is 24.3. The Labute approximate surface area is 210 Å². The number of nitrogens with zero attached hydrogens (tertiary/aromatic N) is 3. The molecule has 3 amide bonds. The van der Waals surface area contributed by atoms with E-state index in [1.807, 2.05) is 0 Å². The van der Waals surface area contributed by atoms with Crippen LogP contribution in [-0.2, 0) is 14.4 Å². The van der Waals surface area contributed by atoms with Gasteiger partial charge in [0.25, 0.3) is 0 Å². The van der Waals surface area contributed by atoms with Gasteiger partial charge in [-0.25, -0.2) is 0 Å². The van der Waals surface area contributed by atoms with Gasteiger partial charge in [0.1, 0.15) is 0 Å². The van der Waals surface area contributed by atoms with Crippen molar-refractivity contribution >= 4 is 23.4 Å². The van der Waals surface area contributed by atoms with Crippen LogP contribution in [0.15, 0.2) is 24.3 Å². The average Bonchev–Trinajstić information content (AvgIpc) is 2.89. The monoisotopic (exact) mass is 482 g/mol. The maximum Gasteiger partial charge on any atom is 0.234 e. The molecule has 1 N–H and O–H groups in total. The van der Waals surface area contributed by atoms with E-state index in [0.29, 0.717) is 18.7 Å². The Kier molecular flexibility index (Phi) is 7.42. The van der Waals surface area contributed by atoms with E-state index in [-0.39, 0.29) is 25.1 Å². The van der Waals surface area contributed by atoms with Crippen LogP contribution in [0.3, 0.4) is 0 Å². The molecule has 1 aromatic rings. The third-order valence-corrected chi connectivity index (χ3v) is 9.03. The Balaban J connectivity index is 0.00000304. The molecule has 4 aliphatic heterocycles. The van der Waals surface area contributed by atoms with Crippen LogP contribution in [0.2, 0.25) is 0 Å². The summed E-state index contributed by atoms with van der Waals surface area (Å²) in [5, 5.41) is 2.46. The molecule has 7 heteroatoms. The lowest BCUT2D eigenvalue weighted by molar-refractivity contribution is -0.139. The van der Waals surface area contributed by atoms with E-state index < -0.39 is 0 Å². The van der Waals surface area contributed by atoms with E-state index in [4.69, 9.17) is 0 Å². The van der Waals surface area contributed by atoms with Crippen LogP contribution >= 0.6 is 0 Å². The molecule has 4 saturated heterocycles. The Morgan fingerprint density at radius 1 is 0.829 bits per heavy atom. The molecule has 4 fully saturated rings. The normalized spacial score (nSPS) is 26.1. The Bertz CT molecular complexity index is 915. The molecule has 1 aromatic carbocycles. The third kappa shape index (κ3) is 5.55. The predicted molar refractivity (Wildman–Crippen MR) is 138 cm³/mol. The smallest absolute Gasteiger partial charge is 0.234 e. The molecule has 1 atom stereocenters. The van der Waals surface area contributed by atoms with Gasteiger partial charge in [0, 0.05) is 45.6 Å². The summed E-state index contributed by atoms with van der Waals surface area (Å²) in [6.07, 6.45) is 7.78. The molecule has 0 aliphatic carbocycles. The van der Waals surface area contributed by atoms with Gasteiger partial charge in [-0.15, -0.1) is 0 Å². The molecule has 0 radical (unpaired) electrons. The molecule has 1 unspecified atom stereocenters. The first-order valence-electron chi connectivity index (χ1n) is 13.6. The van der Waals surface area contributed by atoms with Crippen molar-refractivity contribution in [1.82, 2.24) is 15.1 Å². The minimum Gasteiger partial charge on any atom is -0.372 e. The first-order chi connectivity index (χ1) is 17.0. The van der Waals surface area contributed by atoms with E-state index in [9.17, 15) is 14.4 Å². The van der Waals surface area contributed by atoms with Gasteiger partial charge in [-0.2, -0.15) is 0 Å². The molecule has 4 aliphatic rings. The molecule has 7 nitrogen and oxygen atoms in total. The quantitative estimate of drug-likeness (QED) is 0.667. The number of amides is 3. The zero-order chi connectivity index (χ0) is 24.4. The fourth-order valence-electron chi connectivity index (χ4n) is 6.66. The van der Waals surface area contributed by atoms with E-state index in [2.05, 4.69) is 51.3 Å². The number of likely N-dealkylation sites (tertiary alicyclic amines) is 2. The van der Waals surface area contributed by atoms with E-state index >= 15 is 0 Å². The zero-order valence-corrected chi connectivity index (χ0v) is 21.1. The highest BCUT2D eigenvalue weighted by Gasteiger charge is 2.34. The van der Waals surface area contributed by atoms with Gasteiger partial charge < -0.3 is 14.7 Å². The number of hydrogen-bond donors (Lipinski definition) is 1. The van der Waals surface area contributed by atoms with Crippen LogP contribution in [0.4, 0.5) is 5.69 Å². The van der Waals surface area contributed by atoms with Crippen LogP contribution in [-0.4, -0.2) is 73.8 Å². The summed E-state index contributed by atoms with van der Waals surface area (Å²) >= 11 is 0. The Hall–Kier alpha value is -2.41. The van der Waals surface area contributed by atoms with Gasteiger partial charge in [-0.1, -0.05) is 12.1 Å². The predicted octanol–water partition coefficient (Wildman–Crippen LogP) is 3.25. The van der Waals surface area contributed by atoms with Crippen LogP contribution in [0.5, 0.6) is 0 Å². The van der Waals surface area contributed by atoms with Crippen LogP contribution in [0.25, 0.3) is 0 Å². The Morgan fingerprint density at radius 3 is 2.03 bits per heavy atom. The highest BCUT2D eigenvalue weighted by molar-refractivity contribution is 6.00. The Morgan fingerprint density at radius 2 is 1.43 bits per heavy atom. The van der Waals surface area contributed by atoms with Gasteiger partial charge in [0.15, 0.2) is 0 Å². The van der Waals surface area contributed by atoms with Gasteiger partial charge in [-0.05, 0) is 94.6 Å². The van der Waals surface area contributed by atoms with Crippen molar-refractivity contribution < 1.29 is 15.8 Å². The van der Waals surface area contributed by atoms with Crippen molar-refractivity contribution in [3.63, 3.8) is 0 Å². The number of anilines is 1. The van der Waals surface area contributed by atoms with Crippen molar-refractivity contribution in [2.45, 2.75) is 57.3 Å². The second-order valence-corrected chi connectivity index (χ2v) is 11.2. The molecule has 0 saturated carbocycles. The summed E-state index contributed by atoms with van der Waals surface area (Å²) in [7, 11) is 2.15. The fourth-order valence-corrected chi connectivity index (χ4v) is 6.66. The number of nitrogens with one attached hydrogen (secondary N) is 1. The second-order valence-electron chi connectivity index (χ2n) is 11.2. The topological polar surface area (TPSA) is 73.0 Å². The van der Waals surface area contributed by atoms with E-state index in [1.54, 1.807) is 0 Å². The van der Waals surface area contributed by atoms with Crippen molar-refractivity contribution in [1.29, 1.82) is 0 Å². The number of piperidine rings is 4. The van der Waals surface area contributed by atoms with E-state index in [1.165, 1.54) is 18.5 Å². The number of carbonyl (C=O) groups is 3. The lowest BCUT2D eigenvalue weighted by Crippen LogP contribution is -2.46. The SMILES string of the molecule is CN1CCC(C(=O)N2CCC(C3CCN(c4ccc(C5CCC(=O)NC5=O)cc4)CC3)CC2)CC1.[HH]. The number of hydrogen-bond acceptors (Lipinski definition) is 5. The largest absolute Gasteiger partial charge is 0.372 e. The van der Waals surface area contributed by atoms with Gasteiger partial charge in [0.2, 0.25) is 17.7 Å². The highest BCUT2D eigenvalue weighted by atomic mass is 16.2. The molecule has 35 heavy (non-hydrogen) atoms. The molecular formula is C28H42N4O3. The van der Waals surface area contributed by atoms with E-state index in [0.717, 1.165) is 82.4 Å². The lowest BCUT2D eigenvalue weighted by Gasteiger charge is -2.42. The zero-order valence-electron chi connectivity index (χ0n) is 21.1. The molecule has 4 heterocycles. The van der Waals surface area contributed by atoms with Crippen molar-refractivity contribution in [2.75, 3.05) is 51.2 Å². The third-order valence-electron chi connectivity index (χ3n) is 9.03. The minimum absolute atomic E-state index is 0. The number of imide groups is 1. The second kappa shape index (κ2) is 10.7. The molecule has 5 rings (SSSR count). The maximum atomic E-state index is 13.0. The van der Waals surface area contributed by atoms with Crippen LogP contribution in [0, 0.1) is 17.8 Å². The van der Waals surface area contributed by atoms with Gasteiger partial charge in [-0.3, -0.25) is 19.7 Å². The molecule has 0 bridgehead atoms. The summed E-state index contributed by atoms with van der Waals surface area (Å²) in [6.45, 7) is 6.11. The standard InChI is InChI=1S/C28H40N4O3.H2/c1-30-14-8-23(9-15-30)28(35)32-18-12-21(13-19-32)20-10-16-31(17-11-20)24-4-2-22(3-5-24)25-6-7-26(33)29-27(25)34;/h2-5,20-21,23,25H,6-19H2,1H3,(H,29,33,34);1H. The number of benzene rings is 1.